The molecule has 0 bridgehead atoms. The molecule has 3 aromatic heterocycles. The molecule has 0 amide bonds. The summed E-state index contributed by atoms with van der Waals surface area (Å²) in [5, 5.41) is 3.87. The van der Waals surface area contributed by atoms with Crippen molar-refractivity contribution in [3.63, 3.8) is 0 Å². The molecule has 0 unspecified atom stereocenters. The van der Waals surface area contributed by atoms with Crippen molar-refractivity contribution in [1.29, 1.82) is 0 Å². The third kappa shape index (κ3) is 4.53. The van der Waals surface area contributed by atoms with Gasteiger partial charge in [-0.25, -0.2) is 4.98 Å². The first-order valence-electron chi connectivity index (χ1n) is 11.5. The lowest BCUT2D eigenvalue weighted by atomic mass is 10.1. The minimum atomic E-state index is -4.48. The highest BCUT2D eigenvalue weighted by Gasteiger charge is 2.31. The van der Waals surface area contributed by atoms with Gasteiger partial charge in [-0.05, 0) is 24.1 Å². The number of rotatable bonds is 7. The SMILES string of the molecule is CCCCn1cnc2c(-c3ccccc3)cn(Cc3nc(-c4cccc(C(F)(F)F)c4)no3)c2c1=O. The zero-order valence-corrected chi connectivity index (χ0v) is 19.4. The van der Waals surface area contributed by atoms with Gasteiger partial charge in [0.2, 0.25) is 11.7 Å². The standard InChI is InChI=1S/C26H22F3N5O2/c1-2-3-12-33-16-30-22-20(17-8-5-4-6-9-17)14-34(23(22)25(33)35)15-21-31-24(32-36-21)18-10-7-11-19(13-18)26(27,28)29/h4-11,13-14,16H,2-3,12,15H2,1H3. The van der Waals surface area contributed by atoms with Gasteiger partial charge in [-0.1, -0.05) is 61.0 Å². The quantitative estimate of drug-likeness (QED) is 0.287. The van der Waals surface area contributed by atoms with E-state index in [1.54, 1.807) is 15.5 Å². The van der Waals surface area contributed by atoms with Crippen molar-refractivity contribution in [2.75, 3.05) is 0 Å². The lowest BCUT2D eigenvalue weighted by molar-refractivity contribution is -0.137. The molecule has 5 aromatic rings. The average Bonchev–Trinajstić information content (AvgIpc) is 3.49. The summed E-state index contributed by atoms with van der Waals surface area (Å²) < 4.78 is 48.0. The topological polar surface area (TPSA) is 78.7 Å². The normalized spacial score (nSPS) is 11.9. The summed E-state index contributed by atoms with van der Waals surface area (Å²) in [5.74, 6) is 0.191. The van der Waals surface area contributed by atoms with Gasteiger partial charge in [0.15, 0.2) is 0 Å². The molecule has 7 nitrogen and oxygen atoms in total. The summed E-state index contributed by atoms with van der Waals surface area (Å²) in [7, 11) is 0. The van der Waals surface area contributed by atoms with E-state index in [1.165, 1.54) is 12.1 Å². The van der Waals surface area contributed by atoms with E-state index in [0.29, 0.717) is 17.6 Å². The Labute approximate surface area is 203 Å². The van der Waals surface area contributed by atoms with Crippen LogP contribution in [-0.2, 0) is 19.3 Å². The molecule has 0 radical (unpaired) electrons. The predicted molar refractivity (Wildman–Crippen MR) is 128 cm³/mol. The van der Waals surface area contributed by atoms with Crippen LogP contribution in [0, 0.1) is 0 Å². The lowest BCUT2D eigenvalue weighted by Crippen LogP contribution is -2.22. The van der Waals surface area contributed by atoms with Crippen molar-refractivity contribution in [2.45, 2.75) is 39.0 Å². The molecule has 36 heavy (non-hydrogen) atoms. The number of benzene rings is 2. The average molecular weight is 493 g/mol. The molecule has 10 heteroatoms. The van der Waals surface area contributed by atoms with E-state index in [1.807, 2.05) is 43.5 Å². The fraction of sp³-hybridized carbons (Fsp3) is 0.231. The van der Waals surface area contributed by atoms with Crippen molar-refractivity contribution < 1.29 is 17.7 Å². The van der Waals surface area contributed by atoms with Gasteiger partial charge in [0.05, 0.1) is 11.9 Å². The van der Waals surface area contributed by atoms with Crippen molar-refractivity contribution in [1.82, 2.24) is 24.3 Å². The van der Waals surface area contributed by atoms with Crippen molar-refractivity contribution >= 4 is 11.0 Å². The van der Waals surface area contributed by atoms with Gasteiger partial charge in [-0.3, -0.25) is 9.36 Å². The molecule has 0 aliphatic heterocycles. The summed E-state index contributed by atoms with van der Waals surface area (Å²) in [6.07, 6.45) is 0.664. The van der Waals surface area contributed by atoms with E-state index in [9.17, 15) is 18.0 Å². The van der Waals surface area contributed by atoms with Crippen LogP contribution in [0.1, 0.15) is 31.2 Å². The second-order valence-corrected chi connectivity index (χ2v) is 8.42. The number of fused-ring (bicyclic) bond motifs is 1. The maximum Gasteiger partial charge on any atom is 0.416 e. The molecule has 0 saturated heterocycles. The highest BCUT2D eigenvalue weighted by atomic mass is 19.4. The van der Waals surface area contributed by atoms with Crippen LogP contribution in [0.3, 0.4) is 0 Å². The highest BCUT2D eigenvalue weighted by Crippen LogP contribution is 2.32. The molecule has 184 valence electrons. The molecule has 0 spiro atoms. The van der Waals surface area contributed by atoms with Crippen molar-refractivity contribution in [3.8, 4) is 22.5 Å². The van der Waals surface area contributed by atoms with Crippen LogP contribution in [0.5, 0.6) is 0 Å². The zero-order chi connectivity index (χ0) is 25.3. The summed E-state index contributed by atoms with van der Waals surface area (Å²) in [5.41, 5.74) is 1.83. The smallest absolute Gasteiger partial charge is 0.337 e. The molecule has 2 aromatic carbocycles. The number of hydrogen-bond acceptors (Lipinski definition) is 5. The second-order valence-electron chi connectivity index (χ2n) is 8.42. The Balaban J connectivity index is 1.56. The fourth-order valence-corrected chi connectivity index (χ4v) is 4.07. The molecule has 0 aliphatic rings. The minimum Gasteiger partial charge on any atom is -0.337 e. The van der Waals surface area contributed by atoms with Gasteiger partial charge < -0.3 is 9.09 Å². The Morgan fingerprint density at radius 3 is 2.53 bits per heavy atom. The first-order chi connectivity index (χ1) is 17.3. The van der Waals surface area contributed by atoms with Crippen LogP contribution in [0.25, 0.3) is 33.5 Å². The molecule has 0 saturated carbocycles. The first kappa shape index (κ1) is 23.5. The first-order valence-corrected chi connectivity index (χ1v) is 11.5. The van der Waals surface area contributed by atoms with Gasteiger partial charge in [0.1, 0.15) is 17.6 Å². The molecular formula is C26H22F3N5O2. The number of alkyl halides is 3. The predicted octanol–water partition coefficient (Wildman–Crippen LogP) is 5.78. The highest BCUT2D eigenvalue weighted by molar-refractivity contribution is 5.92. The molecule has 0 fully saturated rings. The maximum absolute atomic E-state index is 13.4. The van der Waals surface area contributed by atoms with Crippen LogP contribution < -0.4 is 5.56 Å². The Morgan fingerprint density at radius 2 is 1.78 bits per heavy atom. The van der Waals surface area contributed by atoms with Crippen molar-refractivity contribution in [2.24, 2.45) is 0 Å². The summed E-state index contributed by atoms with van der Waals surface area (Å²) >= 11 is 0. The molecule has 5 rings (SSSR count). The number of halogens is 3. The Bertz CT molecular complexity index is 1570. The zero-order valence-electron chi connectivity index (χ0n) is 19.4. The van der Waals surface area contributed by atoms with Gasteiger partial charge >= 0.3 is 6.18 Å². The van der Waals surface area contributed by atoms with Crippen LogP contribution in [0.4, 0.5) is 13.2 Å². The van der Waals surface area contributed by atoms with Crippen LogP contribution in [0.2, 0.25) is 0 Å². The maximum atomic E-state index is 13.4. The minimum absolute atomic E-state index is 0.0364. The van der Waals surface area contributed by atoms with E-state index >= 15 is 0 Å². The summed E-state index contributed by atoms with van der Waals surface area (Å²) in [6, 6.07) is 14.3. The van der Waals surface area contributed by atoms with Crippen LogP contribution >= 0.6 is 0 Å². The largest absolute Gasteiger partial charge is 0.416 e. The number of nitrogens with zero attached hydrogens (tertiary/aromatic N) is 5. The molecule has 3 heterocycles. The van der Waals surface area contributed by atoms with Gasteiger partial charge in [-0.2, -0.15) is 18.2 Å². The molecule has 0 atom stereocenters. The lowest BCUT2D eigenvalue weighted by Gasteiger charge is -2.06. The molecule has 0 aliphatic carbocycles. The Morgan fingerprint density at radius 1 is 1.00 bits per heavy atom. The van der Waals surface area contributed by atoms with E-state index in [2.05, 4.69) is 15.1 Å². The van der Waals surface area contributed by atoms with E-state index < -0.39 is 11.7 Å². The van der Waals surface area contributed by atoms with Gasteiger partial charge in [-0.15, -0.1) is 0 Å². The number of aryl methyl sites for hydroxylation is 1. The van der Waals surface area contributed by atoms with Gasteiger partial charge in [0, 0.05) is 23.9 Å². The Kier molecular flexibility index (Phi) is 6.17. The van der Waals surface area contributed by atoms with Crippen LogP contribution in [0.15, 0.2) is 76.4 Å². The third-order valence-corrected chi connectivity index (χ3v) is 5.90. The molecular weight excluding hydrogens is 471 g/mol. The number of unbranched alkanes of at least 4 members (excludes halogenated alkanes) is 1. The van der Waals surface area contributed by atoms with E-state index in [0.717, 1.165) is 36.1 Å². The number of hydrogen-bond donors (Lipinski definition) is 0. The Hall–Kier alpha value is -4.21. The summed E-state index contributed by atoms with van der Waals surface area (Å²) in [6.45, 7) is 2.65. The fourth-order valence-electron chi connectivity index (χ4n) is 4.07. The second kappa shape index (κ2) is 9.44. The molecule has 0 N–H and O–H groups in total. The number of aromatic nitrogens is 5. The monoisotopic (exact) mass is 493 g/mol. The van der Waals surface area contributed by atoms with Crippen molar-refractivity contribution in [3.05, 3.63) is 88.9 Å². The van der Waals surface area contributed by atoms with E-state index in [-0.39, 0.29) is 29.4 Å². The summed E-state index contributed by atoms with van der Waals surface area (Å²) in [4.78, 5) is 22.3. The van der Waals surface area contributed by atoms with Gasteiger partial charge in [0.25, 0.3) is 5.56 Å². The van der Waals surface area contributed by atoms with E-state index in [4.69, 9.17) is 4.52 Å². The van der Waals surface area contributed by atoms with Crippen LogP contribution in [-0.4, -0.2) is 24.3 Å². The third-order valence-electron chi connectivity index (χ3n) is 5.90.